The summed E-state index contributed by atoms with van der Waals surface area (Å²) >= 11 is 0. The third-order valence-corrected chi connectivity index (χ3v) is 6.19. The van der Waals surface area contributed by atoms with Crippen LogP contribution in [-0.4, -0.2) is 59.0 Å². The fourth-order valence-corrected chi connectivity index (χ4v) is 4.20. The fraction of sp³-hybridized carbons (Fsp3) is 0.385. The van der Waals surface area contributed by atoms with Crippen molar-refractivity contribution in [2.45, 2.75) is 44.9 Å². The summed E-state index contributed by atoms with van der Waals surface area (Å²) < 4.78 is 45.6. The van der Waals surface area contributed by atoms with Crippen molar-refractivity contribution in [3.63, 3.8) is 0 Å². The molecule has 0 aliphatic carbocycles. The molecule has 1 aliphatic rings. The molecule has 1 saturated heterocycles. The molecule has 1 aromatic carbocycles. The first-order chi connectivity index (χ1) is 18.0. The quantitative estimate of drug-likeness (QED) is 0.464. The van der Waals surface area contributed by atoms with Crippen molar-refractivity contribution in [3.8, 4) is 11.5 Å². The Morgan fingerprint density at radius 3 is 2.37 bits per heavy atom. The summed E-state index contributed by atoms with van der Waals surface area (Å²) in [6.07, 6.45) is -1.99. The van der Waals surface area contributed by atoms with Crippen LogP contribution in [0.1, 0.15) is 42.9 Å². The third-order valence-electron chi connectivity index (χ3n) is 6.19. The molecular formula is C26H29F3N6O3. The van der Waals surface area contributed by atoms with E-state index in [1.165, 1.54) is 18.3 Å². The Hall–Kier alpha value is -4.09. The van der Waals surface area contributed by atoms with Crippen molar-refractivity contribution < 1.29 is 27.2 Å². The highest BCUT2D eigenvalue weighted by Gasteiger charge is 2.42. The van der Waals surface area contributed by atoms with E-state index in [2.05, 4.69) is 25.5 Å². The number of urea groups is 1. The fourth-order valence-electron chi connectivity index (χ4n) is 4.20. The lowest BCUT2D eigenvalue weighted by molar-refractivity contribution is -0.153. The number of anilines is 2. The lowest BCUT2D eigenvalue weighted by atomic mass is 10.0. The van der Waals surface area contributed by atoms with Crippen molar-refractivity contribution in [1.29, 1.82) is 0 Å². The number of carbonyl (C=O) groups is 2. The average Bonchev–Trinajstić information content (AvgIpc) is 3.36. The second-order valence-corrected chi connectivity index (χ2v) is 9.35. The first-order valence-electron chi connectivity index (χ1n) is 12.2. The van der Waals surface area contributed by atoms with Gasteiger partial charge < -0.3 is 24.9 Å². The number of hydrogen-bond donors (Lipinski definition) is 2. The highest BCUT2D eigenvalue weighted by molar-refractivity contribution is 6.04. The van der Waals surface area contributed by atoms with Gasteiger partial charge in [0.25, 0.3) is 5.91 Å². The van der Waals surface area contributed by atoms with Crippen LogP contribution < -0.4 is 15.5 Å². The molecule has 2 aromatic heterocycles. The number of piperidine rings is 1. The molecule has 202 valence electrons. The average molecular weight is 531 g/mol. The number of carbonyl (C=O) groups excluding carboxylic acids is 2. The summed E-state index contributed by atoms with van der Waals surface area (Å²) in [4.78, 5) is 37.0. The third kappa shape index (κ3) is 6.24. The van der Waals surface area contributed by atoms with Crippen LogP contribution in [0.25, 0.3) is 11.5 Å². The second kappa shape index (κ2) is 11.1. The Morgan fingerprint density at radius 1 is 1.11 bits per heavy atom. The van der Waals surface area contributed by atoms with Crippen molar-refractivity contribution in [1.82, 2.24) is 20.2 Å². The van der Waals surface area contributed by atoms with Crippen LogP contribution in [0.15, 0.2) is 53.1 Å². The Bertz CT molecular complexity index is 1250. The molecule has 0 atom stereocenters. The topological polar surface area (TPSA) is 104 Å². The molecule has 3 heterocycles. The number of benzene rings is 1. The van der Waals surface area contributed by atoms with E-state index in [9.17, 15) is 22.8 Å². The number of hydrogen-bond acceptors (Lipinski definition) is 6. The summed E-state index contributed by atoms with van der Waals surface area (Å²) in [7, 11) is 1.79. The van der Waals surface area contributed by atoms with E-state index >= 15 is 0 Å². The molecule has 1 fully saturated rings. The standard InChI is InChI=1S/C26H29F3N6O3/c1-16(2)31-25(37)34(3)19-11-13-35(14-12-19)20-10-9-18(15-30-20)32-23(36)21-22(26(27,28)29)38-24(33-21)17-7-5-4-6-8-17/h4-10,15-16,19H,11-14H2,1-3H3,(H,31,37)(H,32,36). The maximum Gasteiger partial charge on any atom is 0.452 e. The van der Waals surface area contributed by atoms with Crippen LogP contribution >= 0.6 is 0 Å². The van der Waals surface area contributed by atoms with Gasteiger partial charge in [-0.1, -0.05) is 18.2 Å². The number of rotatable bonds is 6. The SMILES string of the molecule is CC(C)NC(=O)N(C)C1CCN(c2ccc(NC(=O)c3nc(-c4ccccc4)oc3C(F)(F)F)cn2)CC1. The van der Waals surface area contributed by atoms with Gasteiger partial charge in [0.1, 0.15) is 5.82 Å². The molecule has 0 spiro atoms. The van der Waals surface area contributed by atoms with Gasteiger partial charge in [-0.15, -0.1) is 0 Å². The van der Waals surface area contributed by atoms with Gasteiger partial charge in [-0.05, 0) is 51.0 Å². The van der Waals surface area contributed by atoms with Gasteiger partial charge in [0.15, 0.2) is 5.69 Å². The predicted molar refractivity (Wildman–Crippen MR) is 136 cm³/mol. The highest BCUT2D eigenvalue weighted by Crippen LogP contribution is 2.35. The lowest BCUT2D eigenvalue weighted by Gasteiger charge is -2.37. The van der Waals surface area contributed by atoms with Crippen LogP contribution in [0, 0.1) is 0 Å². The van der Waals surface area contributed by atoms with Gasteiger partial charge >= 0.3 is 12.2 Å². The summed E-state index contributed by atoms with van der Waals surface area (Å²) in [5, 5.41) is 5.31. The van der Waals surface area contributed by atoms with Gasteiger partial charge in [-0.3, -0.25) is 4.79 Å². The van der Waals surface area contributed by atoms with Crippen molar-refractivity contribution >= 4 is 23.4 Å². The zero-order chi connectivity index (χ0) is 27.4. The van der Waals surface area contributed by atoms with E-state index in [1.54, 1.807) is 42.3 Å². The molecule has 9 nitrogen and oxygen atoms in total. The monoisotopic (exact) mass is 530 g/mol. The van der Waals surface area contributed by atoms with Gasteiger partial charge in [0, 0.05) is 37.8 Å². The number of amides is 3. The van der Waals surface area contributed by atoms with E-state index in [-0.39, 0.29) is 29.7 Å². The van der Waals surface area contributed by atoms with Gasteiger partial charge in [0.05, 0.1) is 11.9 Å². The minimum absolute atomic E-state index is 0.0588. The largest absolute Gasteiger partial charge is 0.452 e. The van der Waals surface area contributed by atoms with E-state index < -0.39 is 23.5 Å². The molecule has 38 heavy (non-hydrogen) atoms. The number of alkyl halides is 3. The molecule has 0 bridgehead atoms. The molecule has 2 N–H and O–H groups in total. The highest BCUT2D eigenvalue weighted by atomic mass is 19.4. The molecule has 0 radical (unpaired) electrons. The zero-order valence-electron chi connectivity index (χ0n) is 21.2. The van der Waals surface area contributed by atoms with E-state index in [0.29, 0.717) is 24.5 Å². The summed E-state index contributed by atoms with van der Waals surface area (Å²) in [5.41, 5.74) is -0.317. The first-order valence-corrected chi connectivity index (χ1v) is 12.2. The van der Waals surface area contributed by atoms with Gasteiger partial charge in [-0.25, -0.2) is 14.8 Å². The van der Waals surface area contributed by atoms with E-state index in [4.69, 9.17) is 4.42 Å². The number of nitrogens with one attached hydrogen (secondary N) is 2. The van der Waals surface area contributed by atoms with Gasteiger partial charge in [0.2, 0.25) is 11.7 Å². The number of nitrogens with zero attached hydrogens (tertiary/aromatic N) is 4. The number of pyridine rings is 1. The summed E-state index contributed by atoms with van der Waals surface area (Å²) in [6, 6.07) is 11.4. The minimum atomic E-state index is -4.90. The number of aromatic nitrogens is 2. The van der Waals surface area contributed by atoms with Crippen LogP contribution in [0.5, 0.6) is 0 Å². The zero-order valence-corrected chi connectivity index (χ0v) is 21.2. The summed E-state index contributed by atoms with van der Waals surface area (Å²) in [5.74, 6) is -2.15. The summed E-state index contributed by atoms with van der Waals surface area (Å²) in [6.45, 7) is 5.18. The minimum Gasteiger partial charge on any atom is -0.431 e. The predicted octanol–water partition coefficient (Wildman–Crippen LogP) is 5.03. The van der Waals surface area contributed by atoms with Crippen molar-refractivity contribution in [2.24, 2.45) is 0 Å². The Labute approximate surface area is 218 Å². The Kier molecular flexibility index (Phi) is 7.88. The van der Waals surface area contributed by atoms with Crippen LogP contribution in [-0.2, 0) is 6.18 Å². The van der Waals surface area contributed by atoms with E-state index in [0.717, 1.165) is 12.8 Å². The number of oxazole rings is 1. The van der Waals surface area contributed by atoms with Crippen molar-refractivity contribution in [2.75, 3.05) is 30.4 Å². The molecule has 3 aromatic rings. The molecule has 12 heteroatoms. The maximum absolute atomic E-state index is 13.6. The molecule has 3 amide bonds. The van der Waals surface area contributed by atoms with Crippen LogP contribution in [0.2, 0.25) is 0 Å². The van der Waals surface area contributed by atoms with Crippen molar-refractivity contribution in [3.05, 3.63) is 60.1 Å². The number of halogens is 3. The molecular weight excluding hydrogens is 501 g/mol. The smallest absolute Gasteiger partial charge is 0.431 e. The first kappa shape index (κ1) is 27.0. The maximum atomic E-state index is 13.6. The second-order valence-electron chi connectivity index (χ2n) is 9.35. The lowest BCUT2D eigenvalue weighted by Crippen LogP contribution is -2.50. The van der Waals surface area contributed by atoms with E-state index in [1.807, 2.05) is 13.8 Å². The van der Waals surface area contributed by atoms with Crippen LogP contribution in [0.3, 0.4) is 0 Å². The van der Waals surface area contributed by atoms with Crippen LogP contribution in [0.4, 0.5) is 29.5 Å². The molecule has 1 aliphatic heterocycles. The molecule has 0 unspecified atom stereocenters. The Morgan fingerprint density at radius 2 is 1.79 bits per heavy atom. The van der Waals surface area contributed by atoms with Gasteiger partial charge in [-0.2, -0.15) is 13.2 Å². The normalized spacial score (nSPS) is 14.4. The molecule has 4 rings (SSSR count). The Balaban J connectivity index is 1.40. The molecule has 0 saturated carbocycles.